The molecule has 2 aromatic carbocycles. The van der Waals surface area contributed by atoms with Crippen LogP contribution in [0.1, 0.15) is 23.7 Å². The van der Waals surface area contributed by atoms with Gasteiger partial charge in [-0.25, -0.2) is 4.79 Å². The van der Waals surface area contributed by atoms with Gasteiger partial charge in [0.25, 0.3) is 0 Å². The zero-order valence-corrected chi connectivity index (χ0v) is 14.4. The maximum absolute atomic E-state index is 12.2. The van der Waals surface area contributed by atoms with Gasteiger partial charge in [-0.1, -0.05) is 48.5 Å². The Morgan fingerprint density at radius 1 is 1.12 bits per heavy atom. The Morgan fingerprint density at radius 2 is 1.88 bits per heavy atom. The van der Waals surface area contributed by atoms with Crippen LogP contribution in [0.15, 0.2) is 65.6 Å². The van der Waals surface area contributed by atoms with Crippen molar-refractivity contribution in [1.82, 2.24) is 0 Å². The number of esters is 1. The van der Waals surface area contributed by atoms with E-state index in [0.717, 1.165) is 28.4 Å². The van der Waals surface area contributed by atoms with E-state index in [1.807, 2.05) is 48.5 Å². The number of carbonyl (C=O) groups is 1. The Balaban J connectivity index is 1.55. The van der Waals surface area contributed by atoms with Gasteiger partial charge in [0.1, 0.15) is 11.9 Å². The molecule has 3 nitrogen and oxygen atoms in total. The van der Waals surface area contributed by atoms with Crippen LogP contribution in [-0.4, -0.2) is 18.8 Å². The number of hydrogen-bond donors (Lipinski definition) is 0. The van der Waals surface area contributed by atoms with Gasteiger partial charge in [0.2, 0.25) is 0 Å². The van der Waals surface area contributed by atoms with E-state index in [4.69, 9.17) is 9.47 Å². The summed E-state index contributed by atoms with van der Waals surface area (Å²) >= 11 is 1.57. The zero-order valence-electron chi connectivity index (χ0n) is 13.6. The summed E-state index contributed by atoms with van der Waals surface area (Å²) in [5, 5.41) is 0. The Bertz CT molecular complexity index is 707. The number of benzene rings is 2. The molecule has 1 heterocycles. The molecule has 0 fully saturated rings. The average molecular weight is 340 g/mol. The number of thioether (sulfide) groups is 1. The third-order valence-electron chi connectivity index (χ3n) is 3.95. The summed E-state index contributed by atoms with van der Waals surface area (Å²) in [6.07, 6.45) is 3.45. The summed E-state index contributed by atoms with van der Waals surface area (Å²) < 4.78 is 10.7. The standard InChI is InChI=1S/C20H20O3S/c1-22-17-9-7-16(8-10-17)18-11-12-19(20(21)23-18)24-14-13-15-5-3-2-4-6-15/h2-10,12,18H,11,13-14H2,1H3. The van der Waals surface area contributed by atoms with Crippen LogP contribution in [0.25, 0.3) is 0 Å². The molecule has 1 atom stereocenters. The fourth-order valence-corrected chi connectivity index (χ4v) is 3.53. The normalized spacial score (nSPS) is 17.1. The first-order valence-corrected chi connectivity index (χ1v) is 8.96. The van der Waals surface area contributed by atoms with Crippen molar-refractivity contribution >= 4 is 17.7 Å². The summed E-state index contributed by atoms with van der Waals surface area (Å²) in [5.74, 6) is 1.45. The number of cyclic esters (lactones) is 1. The van der Waals surface area contributed by atoms with Gasteiger partial charge in [-0.2, -0.15) is 0 Å². The van der Waals surface area contributed by atoms with Gasteiger partial charge < -0.3 is 9.47 Å². The lowest BCUT2D eigenvalue weighted by Gasteiger charge is -2.22. The van der Waals surface area contributed by atoms with Gasteiger partial charge in [0.05, 0.1) is 12.0 Å². The molecule has 0 aromatic heterocycles. The molecular formula is C20H20O3S. The van der Waals surface area contributed by atoms with E-state index in [2.05, 4.69) is 12.1 Å². The highest BCUT2D eigenvalue weighted by Gasteiger charge is 2.24. The van der Waals surface area contributed by atoms with Crippen LogP contribution in [0.5, 0.6) is 5.75 Å². The van der Waals surface area contributed by atoms with E-state index < -0.39 is 0 Å². The first kappa shape index (κ1) is 16.7. The van der Waals surface area contributed by atoms with Crippen molar-refractivity contribution in [2.24, 2.45) is 0 Å². The van der Waals surface area contributed by atoms with E-state index in [1.54, 1.807) is 18.9 Å². The molecule has 24 heavy (non-hydrogen) atoms. The van der Waals surface area contributed by atoms with Crippen molar-refractivity contribution in [2.75, 3.05) is 12.9 Å². The van der Waals surface area contributed by atoms with Crippen LogP contribution >= 0.6 is 11.8 Å². The van der Waals surface area contributed by atoms with Crippen molar-refractivity contribution in [2.45, 2.75) is 18.9 Å². The summed E-state index contributed by atoms with van der Waals surface area (Å²) in [6.45, 7) is 0. The van der Waals surface area contributed by atoms with Crippen molar-refractivity contribution in [3.05, 3.63) is 76.7 Å². The van der Waals surface area contributed by atoms with Gasteiger partial charge in [0.15, 0.2) is 0 Å². The molecule has 1 aliphatic heterocycles. The third-order valence-corrected chi connectivity index (χ3v) is 5.00. The minimum Gasteiger partial charge on any atom is -0.497 e. The molecule has 0 saturated carbocycles. The lowest BCUT2D eigenvalue weighted by atomic mass is 10.0. The van der Waals surface area contributed by atoms with Gasteiger partial charge in [-0.3, -0.25) is 0 Å². The van der Waals surface area contributed by atoms with E-state index >= 15 is 0 Å². The first-order valence-electron chi connectivity index (χ1n) is 7.98. The Morgan fingerprint density at radius 3 is 2.54 bits per heavy atom. The quantitative estimate of drug-likeness (QED) is 0.723. The van der Waals surface area contributed by atoms with Crippen molar-refractivity contribution in [3.8, 4) is 5.75 Å². The summed E-state index contributed by atoms with van der Waals surface area (Å²) in [4.78, 5) is 12.9. The minimum absolute atomic E-state index is 0.207. The van der Waals surface area contributed by atoms with Crippen LogP contribution in [0.2, 0.25) is 0 Å². The fourth-order valence-electron chi connectivity index (χ4n) is 2.60. The molecule has 124 valence electrons. The maximum atomic E-state index is 12.2. The molecule has 3 rings (SSSR count). The molecule has 0 bridgehead atoms. The lowest BCUT2D eigenvalue weighted by Crippen LogP contribution is -2.17. The molecule has 1 aliphatic rings. The number of methoxy groups -OCH3 is 1. The average Bonchev–Trinajstić information content (AvgIpc) is 2.64. The van der Waals surface area contributed by atoms with Crippen LogP contribution in [0.4, 0.5) is 0 Å². The SMILES string of the molecule is COc1ccc(C2CC=C(SCCc3ccccc3)C(=O)O2)cc1. The second kappa shape index (κ2) is 8.06. The minimum atomic E-state index is -0.222. The molecule has 2 aromatic rings. The predicted octanol–water partition coefficient (Wildman–Crippen LogP) is 4.54. The molecule has 0 N–H and O–H groups in total. The Kier molecular flexibility index (Phi) is 5.59. The second-order valence-corrected chi connectivity index (χ2v) is 6.69. The topological polar surface area (TPSA) is 35.5 Å². The number of aryl methyl sites for hydroxylation is 1. The number of carbonyl (C=O) groups excluding carboxylic acids is 1. The summed E-state index contributed by atoms with van der Waals surface area (Å²) in [5.41, 5.74) is 2.28. The summed E-state index contributed by atoms with van der Waals surface area (Å²) in [6, 6.07) is 17.9. The van der Waals surface area contributed by atoms with E-state index in [0.29, 0.717) is 6.42 Å². The van der Waals surface area contributed by atoms with Gasteiger partial charge in [-0.15, -0.1) is 11.8 Å². The molecule has 1 unspecified atom stereocenters. The number of ether oxygens (including phenoxy) is 2. The van der Waals surface area contributed by atoms with Crippen molar-refractivity contribution in [1.29, 1.82) is 0 Å². The molecule has 0 amide bonds. The molecule has 0 spiro atoms. The monoisotopic (exact) mass is 340 g/mol. The summed E-state index contributed by atoms with van der Waals surface area (Å²) in [7, 11) is 1.64. The molecule has 0 radical (unpaired) electrons. The van der Waals surface area contributed by atoms with E-state index in [9.17, 15) is 4.79 Å². The van der Waals surface area contributed by atoms with Gasteiger partial charge >= 0.3 is 5.97 Å². The van der Waals surface area contributed by atoms with Crippen LogP contribution in [0, 0.1) is 0 Å². The smallest absolute Gasteiger partial charge is 0.344 e. The van der Waals surface area contributed by atoms with Crippen molar-refractivity contribution < 1.29 is 14.3 Å². The van der Waals surface area contributed by atoms with Crippen LogP contribution < -0.4 is 4.74 Å². The highest BCUT2D eigenvalue weighted by Crippen LogP contribution is 2.32. The highest BCUT2D eigenvalue weighted by molar-refractivity contribution is 8.03. The Labute approximate surface area is 146 Å². The fraction of sp³-hybridized carbons (Fsp3) is 0.250. The highest BCUT2D eigenvalue weighted by atomic mass is 32.2. The van der Waals surface area contributed by atoms with Gasteiger partial charge in [0, 0.05) is 12.2 Å². The number of rotatable bonds is 6. The zero-order chi connectivity index (χ0) is 16.8. The largest absolute Gasteiger partial charge is 0.497 e. The van der Waals surface area contributed by atoms with Gasteiger partial charge in [-0.05, 0) is 29.7 Å². The van der Waals surface area contributed by atoms with Crippen LogP contribution in [-0.2, 0) is 16.0 Å². The molecule has 0 saturated heterocycles. The van der Waals surface area contributed by atoms with E-state index in [1.165, 1.54) is 5.56 Å². The number of hydrogen-bond acceptors (Lipinski definition) is 4. The van der Waals surface area contributed by atoms with Crippen molar-refractivity contribution in [3.63, 3.8) is 0 Å². The molecule has 4 heteroatoms. The van der Waals surface area contributed by atoms with E-state index in [-0.39, 0.29) is 12.1 Å². The Hall–Kier alpha value is -2.20. The van der Waals surface area contributed by atoms with Crippen LogP contribution in [0.3, 0.4) is 0 Å². The first-order chi connectivity index (χ1) is 11.8. The second-order valence-electron chi connectivity index (χ2n) is 5.56. The molecular weight excluding hydrogens is 320 g/mol. The third kappa shape index (κ3) is 4.20. The predicted molar refractivity (Wildman–Crippen MR) is 97.1 cm³/mol. The maximum Gasteiger partial charge on any atom is 0.344 e. The lowest BCUT2D eigenvalue weighted by molar-refractivity contribution is -0.144. The molecule has 0 aliphatic carbocycles.